The Bertz CT molecular complexity index is 469. The van der Waals surface area contributed by atoms with E-state index in [9.17, 15) is 0 Å². The van der Waals surface area contributed by atoms with E-state index >= 15 is 0 Å². The van der Waals surface area contributed by atoms with E-state index in [-0.39, 0.29) is 11.3 Å². The van der Waals surface area contributed by atoms with Crippen molar-refractivity contribution in [1.82, 2.24) is 14.3 Å². The van der Waals surface area contributed by atoms with Crippen molar-refractivity contribution in [2.75, 3.05) is 0 Å². The number of rotatable bonds is 4. The van der Waals surface area contributed by atoms with Crippen LogP contribution < -0.4 is 5.73 Å². The summed E-state index contributed by atoms with van der Waals surface area (Å²) in [6, 6.07) is 5.89. The first-order valence-electron chi connectivity index (χ1n) is 5.30. The molecular weight excluding hydrogens is 252 g/mol. The van der Waals surface area contributed by atoms with Gasteiger partial charge in [-0.2, -0.15) is 4.37 Å². The van der Waals surface area contributed by atoms with Crippen LogP contribution in [0, 0.1) is 6.92 Å². The van der Waals surface area contributed by atoms with Gasteiger partial charge in [0.25, 0.3) is 0 Å². The minimum Gasteiger partial charge on any atom is -0.327 e. The highest BCUT2D eigenvalue weighted by Crippen LogP contribution is 2.36. The molecule has 0 spiro atoms. The lowest BCUT2D eigenvalue weighted by Gasteiger charge is -2.17. The number of aromatic nitrogens is 3. The van der Waals surface area contributed by atoms with Gasteiger partial charge in [0.2, 0.25) is 0 Å². The molecule has 90 valence electrons. The summed E-state index contributed by atoms with van der Waals surface area (Å²) in [6.45, 7) is 3.88. The molecule has 6 heteroatoms. The van der Waals surface area contributed by atoms with Crippen LogP contribution in [0.25, 0.3) is 0 Å². The van der Waals surface area contributed by atoms with Crippen molar-refractivity contribution >= 4 is 23.3 Å². The van der Waals surface area contributed by atoms with Gasteiger partial charge in [-0.3, -0.25) is 4.98 Å². The highest BCUT2D eigenvalue weighted by molar-refractivity contribution is 8.01. The Labute approximate surface area is 109 Å². The smallest absolute Gasteiger partial charge is 0.170 e. The minimum absolute atomic E-state index is 0.0131. The third kappa shape index (κ3) is 3.24. The van der Waals surface area contributed by atoms with Crippen LogP contribution in [-0.2, 0) is 0 Å². The Hall–Kier alpha value is -0.980. The predicted molar refractivity (Wildman–Crippen MR) is 71.1 cm³/mol. The summed E-state index contributed by atoms with van der Waals surface area (Å²) in [4.78, 5) is 8.70. The van der Waals surface area contributed by atoms with E-state index in [0.717, 1.165) is 15.9 Å². The molecule has 2 aromatic heterocycles. The Balaban J connectivity index is 2.19. The van der Waals surface area contributed by atoms with E-state index in [4.69, 9.17) is 5.73 Å². The van der Waals surface area contributed by atoms with Gasteiger partial charge in [-0.1, -0.05) is 17.8 Å². The summed E-state index contributed by atoms with van der Waals surface area (Å²) in [7, 11) is 0. The molecule has 0 aliphatic rings. The maximum absolute atomic E-state index is 6.02. The molecule has 2 heterocycles. The molecule has 2 unspecified atom stereocenters. The molecule has 0 fully saturated rings. The summed E-state index contributed by atoms with van der Waals surface area (Å²) < 4.78 is 5.11. The Kier molecular flexibility index (Phi) is 4.09. The van der Waals surface area contributed by atoms with Crippen LogP contribution >= 0.6 is 23.3 Å². The molecule has 2 N–H and O–H groups in total. The van der Waals surface area contributed by atoms with Crippen molar-refractivity contribution < 1.29 is 0 Å². The molecule has 0 bridgehead atoms. The molecule has 0 aliphatic carbocycles. The van der Waals surface area contributed by atoms with Gasteiger partial charge in [-0.15, -0.1) is 0 Å². The zero-order chi connectivity index (χ0) is 12.3. The zero-order valence-corrected chi connectivity index (χ0v) is 11.3. The number of hydrogen-bond donors (Lipinski definition) is 1. The molecule has 0 amide bonds. The van der Waals surface area contributed by atoms with E-state index in [1.54, 1.807) is 18.0 Å². The first kappa shape index (κ1) is 12.5. The fourth-order valence-corrected chi connectivity index (χ4v) is 3.31. The van der Waals surface area contributed by atoms with Crippen molar-refractivity contribution in [3.8, 4) is 0 Å². The van der Waals surface area contributed by atoms with Gasteiger partial charge >= 0.3 is 0 Å². The second kappa shape index (κ2) is 5.57. The Morgan fingerprint density at radius 2 is 2.24 bits per heavy atom. The fourth-order valence-electron chi connectivity index (χ4n) is 1.42. The van der Waals surface area contributed by atoms with Crippen LogP contribution in [0.15, 0.2) is 28.7 Å². The van der Waals surface area contributed by atoms with E-state index in [1.807, 2.05) is 32.0 Å². The maximum Gasteiger partial charge on any atom is 0.170 e. The Morgan fingerprint density at radius 3 is 2.76 bits per heavy atom. The zero-order valence-electron chi connectivity index (χ0n) is 9.70. The predicted octanol–water partition coefficient (Wildman–Crippen LogP) is 2.42. The van der Waals surface area contributed by atoms with Gasteiger partial charge in [0, 0.05) is 12.2 Å². The van der Waals surface area contributed by atoms with Crippen molar-refractivity contribution in [2.45, 2.75) is 29.5 Å². The third-order valence-electron chi connectivity index (χ3n) is 2.19. The average Bonchev–Trinajstić information content (AvgIpc) is 2.73. The monoisotopic (exact) mass is 266 g/mol. The standard InChI is InChI=1S/C11H14N4S2/c1-7(12)10(9-5-3-4-6-13-9)16-11-14-8(2)15-17-11/h3-7,10H,12H2,1-2H3. The van der Waals surface area contributed by atoms with Crippen LogP contribution in [-0.4, -0.2) is 20.4 Å². The summed E-state index contributed by atoms with van der Waals surface area (Å²) in [6.07, 6.45) is 1.79. The first-order valence-corrected chi connectivity index (χ1v) is 6.95. The average molecular weight is 266 g/mol. The van der Waals surface area contributed by atoms with Crippen LogP contribution in [0.1, 0.15) is 23.7 Å². The Morgan fingerprint density at radius 1 is 1.41 bits per heavy atom. The van der Waals surface area contributed by atoms with Gasteiger partial charge in [0.1, 0.15) is 5.82 Å². The maximum atomic E-state index is 6.02. The van der Waals surface area contributed by atoms with E-state index < -0.39 is 0 Å². The molecule has 2 aromatic rings. The number of thioether (sulfide) groups is 1. The lowest BCUT2D eigenvalue weighted by Crippen LogP contribution is -2.23. The van der Waals surface area contributed by atoms with Crippen molar-refractivity contribution in [1.29, 1.82) is 0 Å². The molecule has 0 saturated heterocycles. The SMILES string of the molecule is Cc1nsc(SC(c2ccccn2)C(C)N)n1. The second-order valence-corrected chi connectivity index (χ2v) is 5.90. The van der Waals surface area contributed by atoms with Crippen molar-refractivity contribution in [2.24, 2.45) is 5.73 Å². The number of nitrogens with zero attached hydrogens (tertiary/aromatic N) is 3. The largest absolute Gasteiger partial charge is 0.327 e. The van der Waals surface area contributed by atoms with E-state index in [1.165, 1.54) is 11.5 Å². The lowest BCUT2D eigenvalue weighted by atomic mass is 10.2. The number of pyridine rings is 1. The fraction of sp³-hybridized carbons (Fsp3) is 0.364. The van der Waals surface area contributed by atoms with Crippen LogP contribution in [0.2, 0.25) is 0 Å². The van der Waals surface area contributed by atoms with Crippen LogP contribution in [0.4, 0.5) is 0 Å². The third-order valence-corrected chi connectivity index (χ3v) is 4.53. The quantitative estimate of drug-likeness (QED) is 0.861. The molecule has 2 atom stereocenters. The summed E-state index contributed by atoms with van der Waals surface area (Å²) in [5, 5.41) is 0.114. The molecule has 0 aliphatic heterocycles. The van der Waals surface area contributed by atoms with Crippen LogP contribution in [0.5, 0.6) is 0 Å². The van der Waals surface area contributed by atoms with Gasteiger partial charge in [-0.25, -0.2) is 4.98 Å². The number of hydrogen-bond acceptors (Lipinski definition) is 6. The summed E-state index contributed by atoms with van der Waals surface area (Å²) in [5.74, 6) is 0.807. The van der Waals surface area contributed by atoms with Gasteiger partial charge in [-0.05, 0) is 37.5 Å². The van der Waals surface area contributed by atoms with Gasteiger partial charge in [0.05, 0.1) is 10.9 Å². The molecule has 0 radical (unpaired) electrons. The molecule has 17 heavy (non-hydrogen) atoms. The first-order chi connectivity index (χ1) is 8.16. The molecule has 0 saturated carbocycles. The number of nitrogens with two attached hydrogens (primary N) is 1. The minimum atomic E-state index is 0.0131. The van der Waals surface area contributed by atoms with Crippen molar-refractivity contribution in [3.05, 3.63) is 35.9 Å². The van der Waals surface area contributed by atoms with Gasteiger partial charge in [0.15, 0.2) is 4.34 Å². The normalized spacial score (nSPS) is 14.5. The number of aryl methyl sites for hydroxylation is 1. The molecular formula is C11H14N4S2. The highest BCUT2D eigenvalue weighted by Gasteiger charge is 2.20. The molecule has 4 nitrogen and oxygen atoms in total. The highest BCUT2D eigenvalue weighted by atomic mass is 32.2. The summed E-state index contributed by atoms with van der Waals surface area (Å²) in [5.41, 5.74) is 7.01. The lowest BCUT2D eigenvalue weighted by molar-refractivity contribution is 0.705. The van der Waals surface area contributed by atoms with E-state index in [2.05, 4.69) is 14.3 Å². The van der Waals surface area contributed by atoms with Crippen LogP contribution in [0.3, 0.4) is 0 Å². The van der Waals surface area contributed by atoms with Crippen molar-refractivity contribution in [3.63, 3.8) is 0 Å². The molecule has 2 rings (SSSR count). The molecule has 0 aromatic carbocycles. The van der Waals surface area contributed by atoms with Gasteiger partial charge < -0.3 is 5.73 Å². The summed E-state index contributed by atoms with van der Waals surface area (Å²) >= 11 is 3.04. The van der Waals surface area contributed by atoms with E-state index in [0.29, 0.717) is 0 Å². The topological polar surface area (TPSA) is 64.7 Å². The second-order valence-electron chi connectivity index (χ2n) is 3.76.